The topological polar surface area (TPSA) is 91.7 Å². The maximum atomic E-state index is 13.9. The van der Waals surface area contributed by atoms with Crippen LogP contribution in [0.3, 0.4) is 0 Å². The number of nitrogens with one attached hydrogen (secondary N) is 1. The molecule has 2 heterocycles. The summed E-state index contributed by atoms with van der Waals surface area (Å²) in [6.45, 7) is 6.19. The molecule has 2 aromatic carbocycles. The highest BCUT2D eigenvalue weighted by atomic mass is 79.9. The SMILES string of the molecule is COC(=O)Cn1c(C(=O)Nc2nc(-c3cc(Br)c(OC)cc3OC)c(C(C)C3CCCCC3)s2)cc2cc(C)cc(C)c21. The molecule has 0 radical (unpaired) electrons. The van der Waals surface area contributed by atoms with Crippen molar-refractivity contribution in [3.63, 3.8) is 0 Å². The van der Waals surface area contributed by atoms with Gasteiger partial charge in [-0.1, -0.05) is 37.8 Å². The number of thiazole rings is 1. The summed E-state index contributed by atoms with van der Waals surface area (Å²) in [5.74, 6) is 1.33. The van der Waals surface area contributed by atoms with Crippen LogP contribution in [0.5, 0.6) is 11.5 Å². The number of aromatic nitrogens is 2. The van der Waals surface area contributed by atoms with Gasteiger partial charge in [0.05, 0.1) is 37.0 Å². The number of halogens is 1. The van der Waals surface area contributed by atoms with Gasteiger partial charge in [0, 0.05) is 21.9 Å². The van der Waals surface area contributed by atoms with Crippen LogP contribution >= 0.6 is 27.3 Å². The van der Waals surface area contributed by atoms with Crippen LogP contribution in [-0.4, -0.2) is 42.8 Å². The number of hydrogen-bond donors (Lipinski definition) is 1. The number of rotatable bonds is 9. The molecule has 4 aromatic rings. The molecule has 0 aliphatic heterocycles. The van der Waals surface area contributed by atoms with Crippen LogP contribution in [0.25, 0.3) is 22.2 Å². The molecule has 8 nitrogen and oxygen atoms in total. The molecular weight excluding hydrogens is 630 g/mol. The molecule has 1 unspecified atom stereocenters. The smallest absolute Gasteiger partial charge is 0.325 e. The standard InChI is InChI=1S/C33H38BrN3O5S/c1-18-12-19(2)30-22(13-18)14-25(37(30)17-28(38)42-6)32(39)36-33-35-29(23-15-24(34)27(41-5)16-26(23)40-4)31(43-33)20(3)21-10-8-7-9-11-21/h12-16,20-21H,7-11,17H2,1-6H3,(H,35,36,39). The first-order valence-electron chi connectivity index (χ1n) is 14.6. The first-order valence-corrected chi connectivity index (χ1v) is 16.2. The van der Waals surface area contributed by atoms with Crippen LogP contribution in [0.2, 0.25) is 0 Å². The number of benzene rings is 2. The molecule has 228 valence electrons. The highest BCUT2D eigenvalue weighted by Crippen LogP contribution is 2.47. The molecule has 0 bridgehead atoms. The monoisotopic (exact) mass is 667 g/mol. The van der Waals surface area contributed by atoms with E-state index in [2.05, 4.69) is 28.2 Å². The second-order valence-corrected chi connectivity index (χ2v) is 13.2. The Morgan fingerprint density at radius 2 is 1.77 bits per heavy atom. The second-order valence-electron chi connectivity index (χ2n) is 11.3. The molecule has 0 spiro atoms. The molecule has 1 amide bonds. The van der Waals surface area contributed by atoms with Gasteiger partial charge >= 0.3 is 5.97 Å². The molecule has 10 heteroatoms. The van der Waals surface area contributed by atoms with Gasteiger partial charge in [-0.05, 0) is 78.2 Å². The number of anilines is 1. The lowest BCUT2D eigenvalue weighted by molar-refractivity contribution is -0.141. The minimum absolute atomic E-state index is 0.0726. The molecule has 2 aromatic heterocycles. The number of aryl methyl sites for hydroxylation is 2. The van der Waals surface area contributed by atoms with Crippen molar-refractivity contribution in [2.45, 2.75) is 65.3 Å². The lowest BCUT2D eigenvalue weighted by atomic mass is 9.79. The van der Waals surface area contributed by atoms with Crippen LogP contribution in [0.15, 0.2) is 34.8 Å². The molecule has 1 aliphatic rings. The van der Waals surface area contributed by atoms with Gasteiger partial charge in [-0.3, -0.25) is 14.9 Å². The molecule has 1 atom stereocenters. The van der Waals surface area contributed by atoms with Gasteiger partial charge < -0.3 is 18.8 Å². The summed E-state index contributed by atoms with van der Waals surface area (Å²) >= 11 is 5.13. The number of carbonyl (C=O) groups excluding carboxylic acids is 2. The lowest BCUT2D eigenvalue weighted by Gasteiger charge is -2.27. The molecule has 1 aliphatic carbocycles. The first-order chi connectivity index (χ1) is 20.6. The average Bonchev–Trinajstić information content (AvgIpc) is 3.58. The van der Waals surface area contributed by atoms with E-state index in [4.69, 9.17) is 19.2 Å². The van der Waals surface area contributed by atoms with Crippen molar-refractivity contribution in [3.8, 4) is 22.8 Å². The van der Waals surface area contributed by atoms with E-state index in [0.717, 1.165) is 42.6 Å². The highest BCUT2D eigenvalue weighted by Gasteiger charge is 2.29. The van der Waals surface area contributed by atoms with Gasteiger partial charge in [0.1, 0.15) is 23.7 Å². The predicted octanol–water partition coefficient (Wildman–Crippen LogP) is 8.27. The summed E-state index contributed by atoms with van der Waals surface area (Å²) < 4.78 is 18.8. The number of nitrogens with zero attached hydrogens (tertiary/aromatic N) is 2. The molecule has 1 fully saturated rings. The zero-order valence-corrected chi connectivity index (χ0v) is 27.9. The highest BCUT2D eigenvalue weighted by molar-refractivity contribution is 9.10. The van der Waals surface area contributed by atoms with Crippen LogP contribution < -0.4 is 14.8 Å². The van der Waals surface area contributed by atoms with E-state index >= 15 is 0 Å². The number of amides is 1. The Kier molecular flexibility index (Phi) is 9.46. The van der Waals surface area contributed by atoms with Crippen molar-refractivity contribution in [1.82, 2.24) is 9.55 Å². The minimum Gasteiger partial charge on any atom is -0.496 e. The summed E-state index contributed by atoms with van der Waals surface area (Å²) in [5, 5.41) is 4.46. The van der Waals surface area contributed by atoms with E-state index < -0.39 is 5.97 Å². The summed E-state index contributed by atoms with van der Waals surface area (Å²) in [6.07, 6.45) is 6.09. The van der Waals surface area contributed by atoms with Crippen LogP contribution in [0.1, 0.15) is 71.4 Å². The van der Waals surface area contributed by atoms with Gasteiger partial charge in [0.15, 0.2) is 5.13 Å². The number of esters is 1. The first kappa shape index (κ1) is 31.1. The zero-order valence-electron chi connectivity index (χ0n) is 25.5. The second kappa shape index (κ2) is 13.1. The van der Waals surface area contributed by atoms with Crippen molar-refractivity contribution in [2.75, 3.05) is 26.6 Å². The van der Waals surface area contributed by atoms with Gasteiger partial charge in [0.25, 0.3) is 5.91 Å². The fourth-order valence-corrected chi connectivity index (χ4v) is 7.93. The summed E-state index contributed by atoms with van der Waals surface area (Å²) in [7, 11) is 4.60. The van der Waals surface area contributed by atoms with Crippen molar-refractivity contribution < 1.29 is 23.8 Å². The maximum absolute atomic E-state index is 13.9. The Hall–Kier alpha value is -3.37. The van der Waals surface area contributed by atoms with Crippen LogP contribution in [0.4, 0.5) is 5.13 Å². The number of ether oxygens (including phenoxy) is 3. The van der Waals surface area contributed by atoms with Gasteiger partial charge in [0.2, 0.25) is 0 Å². The molecule has 5 rings (SSSR count). The van der Waals surface area contributed by atoms with Crippen LogP contribution in [-0.2, 0) is 16.1 Å². The number of fused-ring (bicyclic) bond motifs is 1. The van der Waals surface area contributed by atoms with E-state index in [9.17, 15) is 9.59 Å². The van der Waals surface area contributed by atoms with Crippen molar-refractivity contribution in [3.05, 3.63) is 56.5 Å². The Morgan fingerprint density at radius 3 is 2.44 bits per heavy atom. The fourth-order valence-electron chi connectivity index (χ4n) is 6.30. The molecule has 43 heavy (non-hydrogen) atoms. The Bertz CT molecular complexity index is 1670. The third-order valence-corrected chi connectivity index (χ3v) is 10.2. The van der Waals surface area contributed by atoms with Crippen molar-refractivity contribution in [1.29, 1.82) is 0 Å². The predicted molar refractivity (Wildman–Crippen MR) is 175 cm³/mol. The van der Waals surface area contributed by atoms with E-state index in [1.807, 2.05) is 44.2 Å². The fraction of sp³-hybridized carbons (Fsp3) is 0.424. The largest absolute Gasteiger partial charge is 0.496 e. The average molecular weight is 669 g/mol. The molecule has 1 saturated carbocycles. The van der Waals surface area contributed by atoms with E-state index in [-0.39, 0.29) is 18.4 Å². The number of carbonyl (C=O) groups is 2. The Balaban J connectivity index is 1.59. The van der Waals surface area contributed by atoms with E-state index in [0.29, 0.717) is 28.2 Å². The third-order valence-electron chi connectivity index (χ3n) is 8.45. The Morgan fingerprint density at radius 1 is 1.05 bits per heavy atom. The summed E-state index contributed by atoms with van der Waals surface area (Å²) in [4.78, 5) is 32.4. The van der Waals surface area contributed by atoms with E-state index in [1.165, 1.54) is 50.6 Å². The molecule has 1 N–H and O–H groups in total. The minimum atomic E-state index is -0.427. The van der Waals surface area contributed by atoms with Crippen LogP contribution in [0, 0.1) is 19.8 Å². The number of hydrogen-bond acceptors (Lipinski definition) is 7. The lowest BCUT2D eigenvalue weighted by Crippen LogP contribution is -2.20. The van der Waals surface area contributed by atoms with Crippen molar-refractivity contribution in [2.24, 2.45) is 5.92 Å². The zero-order chi connectivity index (χ0) is 30.8. The van der Waals surface area contributed by atoms with Gasteiger partial charge in [-0.2, -0.15) is 0 Å². The maximum Gasteiger partial charge on any atom is 0.325 e. The normalized spacial score (nSPS) is 14.5. The van der Waals surface area contributed by atoms with Gasteiger partial charge in [-0.15, -0.1) is 11.3 Å². The number of methoxy groups -OCH3 is 3. The quantitative estimate of drug-likeness (QED) is 0.181. The third kappa shape index (κ3) is 6.31. The van der Waals surface area contributed by atoms with Gasteiger partial charge in [-0.25, -0.2) is 4.98 Å². The molecular formula is C33H38BrN3O5S. The molecule has 0 saturated heterocycles. The summed E-state index contributed by atoms with van der Waals surface area (Å²) in [5.41, 5.74) is 4.89. The summed E-state index contributed by atoms with van der Waals surface area (Å²) in [6, 6.07) is 9.71. The van der Waals surface area contributed by atoms with E-state index in [1.54, 1.807) is 18.8 Å². The van der Waals surface area contributed by atoms with Crippen molar-refractivity contribution >= 4 is 55.2 Å². The Labute approximate surface area is 264 Å².